The quantitative estimate of drug-likeness (QED) is 0.128. The third kappa shape index (κ3) is 10.3. The molecule has 16 heteroatoms. The largest absolute Gasteiger partial charge is 0.467 e. The molecule has 1 aliphatic heterocycles. The molecule has 3 unspecified atom stereocenters. The number of carbonyl (C=O) groups is 3. The first-order valence-corrected chi connectivity index (χ1v) is 20.7. The lowest BCUT2D eigenvalue weighted by Crippen LogP contribution is -2.55. The number of nitrogens with one attached hydrogen (secondary N) is 1. The first-order valence-electron chi connectivity index (χ1n) is 17.9. The molecule has 1 N–H and O–H groups in total. The van der Waals surface area contributed by atoms with E-state index < -0.39 is 56.1 Å². The fourth-order valence-electron chi connectivity index (χ4n) is 6.73. The third-order valence-corrected chi connectivity index (χ3v) is 12.7. The van der Waals surface area contributed by atoms with E-state index in [0.717, 1.165) is 53.5 Å². The van der Waals surface area contributed by atoms with Crippen molar-refractivity contribution in [2.45, 2.75) is 99.6 Å². The van der Waals surface area contributed by atoms with Gasteiger partial charge in [-0.05, 0) is 69.7 Å². The lowest BCUT2D eigenvalue weighted by atomic mass is 9.83. The Morgan fingerprint density at radius 2 is 1.51 bits per heavy atom. The molecule has 0 spiro atoms. The van der Waals surface area contributed by atoms with Crippen LogP contribution < -0.4 is 5.32 Å². The van der Waals surface area contributed by atoms with Crippen LogP contribution in [0.2, 0.25) is 0 Å². The molecular weight excluding hydrogens is 725 g/mol. The van der Waals surface area contributed by atoms with E-state index in [2.05, 4.69) is 10.3 Å². The number of imidazole rings is 1. The highest BCUT2D eigenvalue weighted by Gasteiger charge is 2.45. The van der Waals surface area contributed by atoms with Crippen LogP contribution in [0.1, 0.15) is 68.2 Å². The summed E-state index contributed by atoms with van der Waals surface area (Å²) >= 11 is 0. The van der Waals surface area contributed by atoms with Crippen LogP contribution >= 0.6 is 0 Å². The molecule has 288 valence electrons. The van der Waals surface area contributed by atoms with Crippen LogP contribution in [0.5, 0.6) is 0 Å². The predicted octanol–water partition coefficient (Wildman–Crippen LogP) is 3.69. The van der Waals surface area contributed by atoms with Crippen molar-refractivity contribution in [1.29, 1.82) is 0 Å². The molecule has 14 nitrogen and oxygen atoms in total. The number of methoxy groups -OCH3 is 1. The van der Waals surface area contributed by atoms with Gasteiger partial charge in [0.15, 0.2) is 0 Å². The second-order valence-corrected chi connectivity index (χ2v) is 17.1. The number of likely N-dealkylation sites (tertiary alicyclic amines) is 1. The Morgan fingerprint density at radius 1 is 0.887 bits per heavy atom. The van der Waals surface area contributed by atoms with E-state index in [1.54, 1.807) is 24.3 Å². The number of rotatable bonds is 16. The topological polar surface area (TPSA) is 180 Å². The van der Waals surface area contributed by atoms with Gasteiger partial charge >= 0.3 is 5.97 Å². The number of ether oxygens (including phenoxy) is 2. The van der Waals surface area contributed by atoms with Crippen LogP contribution in [0.3, 0.4) is 0 Å². The van der Waals surface area contributed by atoms with Gasteiger partial charge in [0, 0.05) is 25.8 Å². The Morgan fingerprint density at radius 3 is 2.15 bits per heavy atom. The van der Waals surface area contributed by atoms with E-state index in [1.807, 2.05) is 13.8 Å². The molecule has 2 aliphatic rings. The van der Waals surface area contributed by atoms with Crippen LogP contribution in [0.4, 0.5) is 0 Å². The maximum absolute atomic E-state index is 14.2. The number of aromatic nitrogens is 2. The van der Waals surface area contributed by atoms with E-state index in [0.29, 0.717) is 12.8 Å². The van der Waals surface area contributed by atoms with E-state index >= 15 is 0 Å². The minimum absolute atomic E-state index is 0.0226. The summed E-state index contributed by atoms with van der Waals surface area (Å²) in [4.78, 5) is 46.3. The fraction of sp³-hybridized carbons (Fsp3) is 0.514. The minimum atomic E-state index is -3.91. The molecule has 3 aromatic rings. The van der Waals surface area contributed by atoms with Gasteiger partial charge in [0.1, 0.15) is 18.4 Å². The second-order valence-electron chi connectivity index (χ2n) is 13.7. The van der Waals surface area contributed by atoms with E-state index in [9.17, 15) is 31.2 Å². The number of unbranched alkanes of at least 4 members (excludes halogenated alkanes) is 1. The van der Waals surface area contributed by atoms with Crippen molar-refractivity contribution < 1.29 is 44.9 Å². The first kappa shape index (κ1) is 40.1. The summed E-state index contributed by atoms with van der Waals surface area (Å²) in [6, 6.07) is 11.0. The maximum atomic E-state index is 14.2. The lowest BCUT2D eigenvalue weighted by Gasteiger charge is -2.34. The van der Waals surface area contributed by atoms with Crippen molar-refractivity contribution in [3.05, 3.63) is 77.9 Å². The molecule has 0 radical (unpaired) electrons. The van der Waals surface area contributed by atoms with Crippen molar-refractivity contribution in [1.82, 2.24) is 19.2 Å². The van der Waals surface area contributed by atoms with Gasteiger partial charge in [0.25, 0.3) is 20.1 Å². The van der Waals surface area contributed by atoms with Crippen LogP contribution in [-0.4, -0.2) is 93.5 Å². The zero-order valence-electron chi connectivity index (χ0n) is 30.3. The molecular formula is C37H48N4O10S2. The Labute approximate surface area is 311 Å². The number of carbonyl (C=O) groups excluding carboxylic acids is 3. The molecule has 1 aromatic heterocycles. The highest BCUT2D eigenvalue weighted by atomic mass is 32.2. The first-order chi connectivity index (χ1) is 25.3. The van der Waals surface area contributed by atoms with Crippen LogP contribution in [0.15, 0.2) is 70.8 Å². The van der Waals surface area contributed by atoms with Gasteiger partial charge in [0.2, 0.25) is 11.8 Å². The highest BCUT2D eigenvalue weighted by Crippen LogP contribution is 2.30. The Bertz CT molecular complexity index is 1940. The Hall–Kier alpha value is -4.12. The fourth-order valence-corrected chi connectivity index (χ4v) is 8.83. The molecule has 5 rings (SSSR count). The summed E-state index contributed by atoms with van der Waals surface area (Å²) < 4.78 is 68.3. The number of amides is 2. The molecule has 2 amide bonds. The lowest BCUT2D eigenvalue weighted by molar-refractivity contribution is -0.152. The molecule has 53 heavy (non-hydrogen) atoms. The zero-order valence-corrected chi connectivity index (χ0v) is 31.9. The van der Waals surface area contributed by atoms with Gasteiger partial charge in [-0.15, -0.1) is 0 Å². The van der Waals surface area contributed by atoms with Crippen molar-refractivity contribution >= 4 is 37.9 Å². The molecule has 2 heterocycles. The normalized spacial score (nSPS) is 18.8. The molecule has 1 saturated carbocycles. The van der Waals surface area contributed by atoms with Crippen molar-refractivity contribution in [3.63, 3.8) is 0 Å². The monoisotopic (exact) mass is 772 g/mol. The molecule has 1 aliphatic carbocycles. The standard InChI is InChI=1S/C37H48N4O10S2/c1-26-11-15-31(16-12-26)52(45,46)40-23-29(38-25-40)21-34(42)39-35(28-9-5-4-6-10-28)36(43)41-24-30(22-33(41)37(44)49-3)50-19-7-8-20-51-53(47,48)32-17-13-27(2)14-18-32/h11-18,23,25,28,30,33,35H,4-10,19-22,24H2,1-3H3,(H,39,42). The molecule has 0 bridgehead atoms. The highest BCUT2D eigenvalue weighted by molar-refractivity contribution is 7.90. The second kappa shape index (κ2) is 17.8. The third-order valence-electron chi connectivity index (χ3n) is 9.71. The summed E-state index contributed by atoms with van der Waals surface area (Å²) in [7, 11) is -6.53. The summed E-state index contributed by atoms with van der Waals surface area (Å²) in [6.45, 7) is 4.06. The van der Waals surface area contributed by atoms with Gasteiger partial charge in [-0.3, -0.25) is 13.8 Å². The summed E-state index contributed by atoms with van der Waals surface area (Å²) in [6.07, 6.45) is 7.05. The molecule has 3 atom stereocenters. The van der Waals surface area contributed by atoms with Crippen molar-refractivity contribution in [2.75, 3.05) is 26.9 Å². The number of benzene rings is 2. The smallest absolute Gasteiger partial charge is 0.328 e. The number of nitrogens with zero attached hydrogens (tertiary/aromatic N) is 3. The van der Waals surface area contributed by atoms with Crippen molar-refractivity contribution in [3.8, 4) is 0 Å². The average molecular weight is 773 g/mol. The van der Waals surface area contributed by atoms with Crippen molar-refractivity contribution in [2.24, 2.45) is 5.92 Å². The summed E-state index contributed by atoms with van der Waals surface area (Å²) in [5, 5.41) is 2.90. The predicted molar refractivity (Wildman–Crippen MR) is 194 cm³/mol. The zero-order chi connectivity index (χ0) is 38.2. The van der Waals surface area contributed by atoms with Gasteiger partial charge < -0.3 is 19.7 Å². The number of hydrogen-bond donors (Lipinski definition) is 1. The number of esters is 1. The maximum Gasteiger partial charge on any atom is 0.328 e. The van der Waals surface area contributed by atoms with E-state index in [1.165, 1.54) is 42.5 Å². The van der Waals surface area contributed by atoms with Gasteiger partial charge in [-0.1, -0.05) is 54.7 Å². The Balaban J connectivity index is 1.19. The molecule has 2 aromatic carbocycles. The van der Waals surface area contributed by atoms with E-state index in [-0.39, 0.29) is 54.0 Å². The minimum Gasteiger partial charge on any atom is -0.467 e. The summed E-state index contributed by atoms with van der Waals surface area (Å²) in [5.41, 5.74) is 2.07. The van der Waals surface area contributed by atoms with Gasteiger partial charge in [-0.25, -0.2) is 22.2 Å². The molecule has 2 fully saturated rings. The van der Waals surface area contributed by atoms with Gasteiger partial charge in [0.05, 0.1) is 41.7 Å². The van der Waals surface area contributed by atoms with E-state index in [4.69, 9.17) is 13.7 Å². The number of hydrogen-bond acceptors (Lipinski definition) is 11. The van der Waals surface area contributed by atoms with Crippen LogP contribution in [0.25, 0.3) is 0 Å². The average Bonchev–Trinajstić information content (AvgIpc) is 3.80. The summed E-state index contributed by atoms with van der Waals surface area (Å²) in [5.74, 6) is -1.66. The van der Waals surface area contributed by atoms with Crippen LogP contribution in [-0.2, 0) is 54.6 Å². The van der Waals surface area contributed by atoms with Crippen LogP contribution in [0, 0.1) is 19.8 Å². The Kier molecular flexibility index (Phi) is 13.5. The number of aryl methyl sites for hydroxylation is 2. The SMILES string of the molecule is COC(=O)C1CC(OCCCCOS(=O)(=O)c2ccc(C)cc2)CN1C(=O)C(NC(=O)Cc1cn(S(=O)(=O)c2ccc(C)cc2)cn1)C1CCCCC1. The molecule has 1 saturated heterocycles. The van der Waals surface area contributed by atoms with Gasteiger partial charge in [-0.2, -0.15) is 8.42 Å².